The molecule has 0 aromatic heterocycles. The van der Waals surface area contributed by atoms with E-state index >= 15 is 0 Å². The zero-order valence-corrected chi connectivity index (χ0v) is 16.2. The Morgan fingerprint density at radius 3 is 2.74 bits per heavy atom. The summed E-state index contributed by atoms with van der Waals surface area (Å²) in [5.74, 6) is -0.379. The van der Waals surface area contributed by atoms with Gasteiger partial charge in [-0.05, 0) is 43.2 Å². The van der Waals surface area contributed by atoms with Crippen LogP contribution in [0.25, 0.3) is 0 Å². The summed E-state index contributed by atoms with van der Waals surface area (Å²) in [5.41, 5.74) is 6.13. The van der Waals surface area contributed by atoms with Crippen molar-refractivity contribution in [3.05, 3.63) is 35.4 Å². The topological polar surface area (TPSA) is 105 Å². The van der Waals surface area contributed by atoms with Crippen LogP contribution in [0, 0.1) is 5.92 Å². The predicted molar refractivity (Wildman–Crippen MR) is 102 cm³/mol. The molecule has 1 heterocycles. The maximum atomic E-state index is 13.1. The molecule has 2 aliphatic rings. The van der Waals surface area contributed by atoms with E-state index in [9.17, 15) is 14.4 Å². The molecule has 4 N–H and O–H groups in total. The Labute approximate surface area is 159 Å². The van der Waals surface area contributed by atoms with Crippen molar-refractivity contribution in [3.8, 4) is 0 Å². The fourth-order valence-electron chi connectivity index (χ4n) is 4.34. The van der Waals surface area contributed by atoms with Crippen LogP contribution in [-0.2, 0) is 21.5 Å². The third-order valence-corrected chi connectivity index (χ3v) is 5.47. The third-order valence-electron chi connectivity index (χ3n) is 5.47. The van der Waals surface area contributed by atoms with E-state index in [0.29, 0.717) is 18.8 Å². The van der Waals surface area contributed by atoms with Crippen molar-refractivity contribution in [2.24, 2.45) is 11.7 Å². The maximum Gasteiger partial charge on any atom is 0.325 e. The van der Waals surface area contributed by atoms with Crippen molar-refractivity contribution < 1.29 is 14.4 Å². The zero-order valence-electron chi connectivity index (χ0n) is 16.2. The van der Waals surface area contributed by atoms with Crippen molar-refractivity contribution >= 4 is 17.8 Å². The van der Waals surface area contributed by atoms with E-state index in [1.807, 2.05) is 31.2 Å². The second kappa shape index (κ2) is 6.96. The molecule has 2 unspecified atom stereocenters. The van der Waals surface area contributed by atoms with E-state index in [4.69, 9.17) is 5.73 Å². The van der Waals surface area contributed by atoms with Crippen LogP contribution in [0.4, 0.5) is 4.79 Å². The number of hydrogen-bond acceptors (Lipinski definition) is 4. The number of benzene rings is 1. The molecule has 0 bridgehead atoms. The summed E-state index contributed by atoms with van der Waals surface area (Å²) in [5, 5.41) is 5.74. The molecule has 1 saturated heterocycles. The summed E-state index contributed by atoms with van der Waals surface area (Å²) in [4.78, 5) is 39.2. The Hall–Kier alpha value is -2.41. The number of carbonyl (C=O) groups excluding carboxylic acids is 3. The quantitative estimate of drug-likeness (QED) is 0.654. The number of nitrogens with two attached hydrogens (primary N) is 1. The molecule has 0 radical (unpaired) electrons. The number of fused-ring (bicyclic) bond motifs is 2. The second-order valence-electron chi connectivity index (χ2n) is 8.29. The van der Waals surface area contributed by atoms with E-state index in [2.05, 4.69) is 24.5 Å². The van der Waals surface area contributed by atoms with Crippen LogP contribution in [0.1, 0.15) is 44.7 Å². The minimum absolute atomic E-state index is 0.286. The minimum atomic E-state index is -1.04. The van der Waals surface area contributed by atoms with Gasteiger partial charge in [-0.15, -0.1) is 0 Å². The lowest BCUT2D eigenvalue weighted by Gasteiger charge is -2.31. The van der Waals surface area contributed by atoms with Crippen molar-refractivity contribution in [2.45, 2.75) is 51.1 Å². The second-order valence-corrected chi connectivity index (χ2v) is 8.29. The molecule has 27 heavy (non-hydrogen) atoms. The van der Waals surface area contributed by atoms with Crippen LogP contribution in [0.3, 0.4) is 0 Å². The number of hydrogen-bond donors (Lipinski definition) is 3. The highest BCUT2D eigenvalue weighted by atomic mass is 16.2. The fraction of sp³-hybridized carbons (Fsp3) is 0.550. The average Bonchev–Trinajstić information content (AvgIpc) is 3.08. The highest BCUT2D eigenvalue weighted by molar-refractivity contribution is 6.09. The number of urea groups is 1. The van der Waals surface area contributed by atoms with Crippen molar-refractivity contribution in [2.75, 3.05) is 13.1 Å². The van der Waals surface area contributed by atoms with Gasteiger partial charge in [0.2, 0.25) is 5.91 Å². The van der Waals surface area contributed by atoms with Crippen molar-refractivity contribution in [3.63, 3.8) is 0 Å². The molecule has 7 heteroatoms. The maximum absolute atomic E-state index is 13.1. The van der Waals surface area contributed by atoms with Gasteiger partial charge in [0.05, 0.1) is 0 Å². The van der Waals surface area contributed by atoms with Gasteiger partial charge in [0.1, 0.15) is 12.1 Å². The lowest BCUT2D eigenvalue weighted by molar-refractivity contribution is -0.135. The third kappa shape index (κ3) is 3.43. The predicted octanol–water partition coefficient (Wildman–Crippen LogP) is 1.26. The van der Waals surface area contributed by atoms with E-state index in [1.165, 1.54) is 0 Å². The summed E-state index contributed by atoms with van der Waals surface area (Å²) in [6.45, 7) is 5.97. The Kier molecular flexibility index (Phi) is 4.99. The summed E-state index contributed by atoms with van der Waals surface area (Å²) < 4.78 is 0. The first-order chi connectivity index (χ1) is 12.7. The van der Waals surface area contributed by atoms with E-state index in [1.54, 1.807) is 0 Å². The molecule has 1 aliphatic heterocycles. The summed E-state index contributed by atoms with van der Waals surface area (Å²) in [6.07, 6.45) is 1.96. The van der Waals surface area contributed by atoms with Gasteiger partial charge in [-0.25, -0.2) is 4.79 Å². The van der Waals surface area contributed by atoms with Gasteiger partial charge in [-0.1, -0.05) is 38.1 Å². The molecule has 1 fully saturated rings. The number of amides is 4. The van der Waals surface area contributed by atoms with Crippen LogP contribution >= 0.6 is 0 Å². The molecule has 7 nitrogen and oxygen atoms in total. The number of carbonyl (C=O) groups is 3. The number of imide groups is 1. The minimum Gasteiger partial charge on any atom is -0.348 e. The van der Waals surface area contributed by atoms with E-state index in [0.717, 1.165) is 22.4 Å². The van der Waals surface area contributed by atoms with Crippen LogP contribution in [-0.4, -0.2) is 41.4 Å². The Balaban J connectivity index is 1.74. The first kappa shape index (κ1) is 19.4. The lowest BCUT2D eigenvalue weighted by Crippen LogP contribution is -2.55. The van der Waals surface area contributed by atoms with E-state index < -0.39 is 17.1 Å². The molecule has 1 aromatic rings. The van der Waals surface area contributed by atoms with Gasteiger partial charge >= 0.3 is 6.03 Å². The normalized spacial score (nSPS) is 23.5. The first-order valence-electron chi connectivity index (χ1n) is 9.44. The Morgan fingerprint density at radius 1 is 1.37 bits per heavy atom. The number of aryl methyl sites for hydroxylation is 1. The zero-order chi connectivity index (χ0) is 19.8. The van der Waals surface area contributed by atoms with Gasteiger partial charge in [0.15, 0.2) is 0 Å². The number of nitrogens with zero attached hydrogens (tertiary/aromatic N) is 1. The van der Waals surface area contributed by atoms with Crippen LogP contribution in [0.2, 0.25) is 0 Å². The Morgan fingerprint density at radius 2 is 2.07 bits per heavy atom. The molecule has 1 spiro atoms. The molecule has 2 atom stereocenters. The number of rotatable bonds is 6. The average molecular weight is 372 g/mol. The summed E-state index contributed by atoms with van der Waals surface area (Å²) >= 11 is 0. The van der Waals surface area contributed by atoms with Gasteiger partial charge in [-0.3, -0.25) is 14.5 Å². The van der Waals surface area contributed by atoms with E-state index in [-0.39, 0.29) is 24.9 Å². The number of nitrogens with one attached hydrogen (secondary N) is 2. The fourth-order valence-corrected chi connectivity index (χ4v) is 4.34. The monoisotopic (exact) mass is 372 g/mol. The van der Waals surface area contributed by atoms with Gasteiger partial charge in [0.25, 0.3) is 5.91 Å². The van der Waals surface area contributed by atoms with Crippen LogP contribution in [0.15, 0.2) is 24.3 Å². The molecular formula is C20H28N4O3. The standard InChI is InChI=1S/C20H28N4O3/c1-13(2)10-19(3,12-21)22-16(25)11-24-17(26)20(23-18(24)27)9-8-14-6-4-5-7-15(14)20/h4-7,13H,8-12,21H2,1-3H3,(H,22,25)(H,23,27). The molecule has 0 saturated carbocycles. The molecule has 1 aromatic carbocycles. The van der Waals surface area contributed by atoms with Crippen LogP contribution in [0.5, 0.6) is 0 Å². The Bertz CT molecular complexity index is 778. The van der Waals surface area contributed by atoms with Gasteiger partial charge in [0, 0.05) is 12.1 Å². The molecular weight excluding hydrogens is 344 g/mol. The van der Waals surface area contributed by atoms with Crippen molar-refractivity contribution in [1.29, 1.82) is 0 Å². The van der Waals surface area contributed by atoms with Gasteiger partial charge in [-0.2, -0.15) is 0 Å². The highest BCUT2D eigenvalue weighted by Gasteiger charge is 2.55. The molecule has 146 valence electrons. The SMILES string of the molecule is CC(C)CC(C)(CN)NC(=O)CN1C(=O)NC2(CCc3ccccc32)C1=O. The highest BCUT2D eigenvalue weighted by Crippen LogP contribution is 2.41. The molecule has 1 aliphatic carbocycles. The molecule has 3 rings (SSSR count). The largest absolute Gasteiger partial charge is 0.348 e. The first-order valence-corrected chi connectivity index (χ1v) is 9.44. The summed E-state index contributed by atoms with van der Waals surface area (Å²) in [6, 6.07) is 7.10. The van der Waals surface area contributed by atoms with Crippen LogP contribution < -0.4 is 16.4 Å². The van der Waals surface area contributed by atoms with Crippen molar-refractivity contribution in [1.82, 2.24) is 15.5 Å². The lowest BCUT2D eigenvalue weighted by atomic mass is 9.90. The van der Waals surface area contributed by atoms with Gasteiger partial charge < -0.3 is 16.4 Å². The smallest absolute Gasteiger partial charge is 0.325 e. The molecule has 4 amide bonds. The summed E-state index contributed by atoms with van der Waals surface area (Å²) in [7, 11) is 0.